The van der Waals surface area contributed by atoms with Crippen molar-refractivity contribution in [2.45, 2.75) is 19.8 Å². The van der Waals surface area contributed by atoms with E-state index in [0.717, 1.165) is 5.56 Å². The molecule has 0 radical (unpaired) electrons. The lowest BCUT2D eigenvalue weighted by Gasteiger charge is -2.11. The molecule has 0 heterocycles. The number of hydrogen-bond acceptors (Lipinski definition) is 3. The Kier molecular flexibility index (Phi) is 5.91. The quantitative estimate of drug-likeness (QED) is 0.770. The third kappa shape index (κ3) is 4.76. The molecule has 7 heteroatoms. The van der Waals surface area contributed by atoms with Gasteiger partial charge in [0.25, 0.3) is 0 Å². The fourth-order valence-electron chi connectivity index (χ4n) is 1.35. The van der Waals surface area contributed by atoms with Crippen LogP contribution in [0.5, 0.6) is 0 Å². The Morgan fingerprint density at radius 1 is 1.39 bits per heavy atom. The lowest BCUT2D eigenvalue weighted by molar-refractivity contribution is 0.287. The van der Waals surface area contributed by atoms with Crippen LogP contribution in [-0.4, -0.2) is 25.9 Å². The van der Waals surface area contributed by atoms with Crippen LogP contribution in [0.25, 0.3) is 0 Å². The van der Waals surface area contributed by atoms with E-state index in [2.05, 4.69) is 20.7 Å². The number of rotatable bonds is 6. The van der Waals surface area contributed by atoms with Gasteiger partial charge in [-0.2, -0.15) is 0 Å². The maximum Gasteiger partial charge on any atom is 0.232 e. The molecule has 1 rings (SSSR count). The second-order valence-corrected chi connectivity index (χ2v) is 7.04. The Morgan fingerprint density at radius 3 is 2.67 bits per heavy atom. The fourth-order valence-corrected chi connectivity index (χ4v) is 3.39. The van der Waals surface area contributed by atoms with Gasteiger partial charge in [0.1, 0.15) is 0 Å². The summed E-state index contributed by atoms with van der Waals surface area (Å²) in [6.07, 6.45) is 0.889. The topological polar surface area (TPSA) is 66.4 Å². The Balaban J connectivity index is 2.81. The van der Waals surface area contributed by atoms with Crippen LogP contribution in [-0.2, 0) is 10.0 Å². The van der Waals surface area contributed by atoms with Gasteiger partial charge >= 0.3 is 0 Å². The number of aliphatic hydroxyl groups excluding tert-OH is 1. The fraction of sp³-hybridized carbons (Fsp3) is 0.455. The molecule has 2 N–H and O–H groups in total. The molecule has 0 unspecified atom stereocenters. The number of benzene rings is 1. The van der Waals surface area contributed by atoms with Crippen molar-refractivity contribution in [3.05, 3.63) is 27.2 Å². The number of halogens is 2. The van der Waals surface area contributed by atoms with E-state index >= 15 is 0 Å². The van der Waals surface area contributed by atoms with E-state index in [1.54, 1.807) is 12.1 Å². The molecule has 0 saturated carbocycles. The number of sulfonamides is 1. The van der Waals surface area contributed by atoms with E-state index in [4.69, 9.17) is 16.7 Å². The standard InChI is InChI=1S/C11H15BrClNO3S/c1-8-6-9(12)11(7-10(8)13)14-18(16,17)5-3-2-4-15/h6-7,14-15H,2-5H2,1H3. The van der Waals surface area contributed by atoms with Gasteiger partial charge in [0, 0.05) is 16.1 Å². The molecule has 0 atom stereocenters. The lowest BCUT2D eigenvalue weighted by atomic mass is 10.2. The molecule has 0 bridgehead atoms. The second-order valence-electron chi connectivity index (χ2n) is 3.93. The minimum Gasteiger partial charge on any atom is -0.396 e. The van der Waals surface area contributed by atoms with E-state index in [9.17, 15) is 8.42 Å². The molecule has 0 aliphatic carbocycles. The normalized spacial score (nSPS) is 11.6. The van der Waals surface area contributed by atoms with Gasteiger partial charge in [-0.15, -0.1) is 0 Å². The maximum atomic E-state index is 11.8. The molecule has 4 nitrogen and oxygen atoms in total. The van der Waals surface area contributed by atoms with Gasteiger partial charge in [0.2, 0.25) is 10.0 Å². The minimum absolute atomic E-state index is 0.00439. The van der Waals surface area contributed by atoms with Gasteiger partial charge in [-0.1, -0.05) is 11.6 Å². The highest BCUT2D eigenvalue weighted by molar-refractivity contribution is 9.10. The molecule has 0 spiro atoms. The summed E-state index contributed by atoms with van der Waals surface area (Å²) in [5.74, 6) is -0.0223. The second kappa shape index (κ2) is 6.75. The van der Waals surface area contributed by atoms with E-state index in [1.807, 2.05) is 6.92 Å². The van der Waals surface area contributed by atoms with Crippen molar-refractivity contribution in [1.29, 1.82) is 0 Å². The van der Waals surface area contributed by atoms with E-state index < -0.39 is 10.0 Å². The first-order valence-corrected chi connectivity index (χ1v) is 8.25. The summed E-state index contributed by atoms with van der Waals surface area (Å²) in [4.78, 5) is 0. The predicted octanol–water partition coefficient (Wildman–Crippen LogP) is 2.93. The average Bonchev–Trinajstić information content (AvgIpc) is 2.26. The molecule has 1 aromatic carbocycles. The number of unbranched alkanes of at least 4 members (excludes halogenated alkanes) is 1. The number of anilines is 1. The summed E-state index contributed by atoms with van der Waals surface area (Å²) < 4.78 is 26.7. The molecular weight excluding hydrogens is 342 g/mol. The van der Waals surface area contributed by atoms with E-state index in [-0.39, 0.29) is 12.4 Å². The van der Waals surface area contributed by atoms with E-state index in [1.165, 1.54) is 0 Å². The smallest absolute Gasteiger partial charge is 0.232 e. The van der Waals surface area contributed by atoms with Gasteiger partial charge in [-0.25, -0.2) is 8.42 Å². The van der Waals surface area contributed by atoms with Crippen LogP contribution in [0.4, 0.5) is 5.69 Å². The molecule has 1 aromatic rings. The molecule has 0 amide bonds. The zero-order valence-electron chi connectivity index (χ0n) is 9.91. The number of aryl methyl sites for hydroxylation is 1. The monoisotopic (exact) mass is 355 g/mol. The Hall–Kier alpha value is -0.300. The first kappa shape index (κ1) is 15.8. The summed E-state index contributed by atoms with van der Waals surface area (Å²) in [6, 6.07) is 3.33. The van der Waals surface area contributed by atoms with Gasteiger partial charge in [0.15, 0.2) is 0 Å². The van der Waals surface area contributed by atoms with E-state index in [0.29, 0.717) is 28.0 Å². The van der Waals surface area contributed by atoms with Crippen molar-refractivity contribution in [3.8, 4) is 0 Å². The molecule has 18 heavy (non-hydrogen) atoms. The number of hydrogen-bond donors (Lipinski definition) is 2. The van der Waals surface area contributed by atoms with Gasteiger partial charge in [-0.3, -0.25) is 4.72 Å². The van der Waals surface area contributed by atoms with Crippen LogP contribution in [0.15, 0.2) is 16.6 Å². The zero-order valence-corrected chi connectivity index (χ0v) is 13.1. The molecular formula is C11H15BrClNO3S. The van der Waals surface area contributed by atoms with Crippen LogP contribution in [0.2, 0.25) is 5.02 Å². The van der Waals surface area contributed by atoms with Crippen molar-refractivity contribution < 1.29 is 13.5 Å². The molecule has 102 valence electrons. The number of nitrogens with one attached hydrogen (secondary N) is 1. The zero-order chi connectivity index (χ0) is 13.8. The van der Waals surface area contributed by atoms with Crippen molar-refractivity contribution in [1.82, 2.24) is 0 Å². The van der Waals surface area contributed by atoms with Crippen molar-refractivity contribution >= 4 is 43.2 Å². The predicted molar refractivity (Wildman–Crippen MR) is 77.6 cm³/mol. The van der Waals surface area contributed by atoms with Gasteiger partial charge < -0.3 is 5.11 Å². The highest BCUT2D eigenvalue weighted by Crippen LogP contribution is 2.29. The van der Waals surface area contributed by atoms with Crippen molar-refractivity contribution in [2.75, 3.05) is 17.1 Å². The van der Waals surface area contributed by atoms with Gasteiger partial charge in [0.05, 0.1) is 11.4 Å². The first-order chi connectivity index (χ1) is 8.35. The SMILES string of the molecule is Cc1cc(Br)c(NS(=O)(=O)CCCCO)cc1Cl. The molecule has 0 aliphatic rings. The third-order valence-corrected chi connectivity index (χ3v) is 4.76. The highest BCUT2D eigenvalue weighted by Gasteiger charge is 2.13. The minimum atomic E-state index is -3.41. The number of aliphatic hydroxyl groups is 1. The first-order valence-electron chi connectivity index (χ1n) is 5.43. The molecule has 0 fully saturated rings. The summed E-state index contributed by atoms with van der Waals surface area (Å²) in [5.41, 5.74) is 1.29. The summed E-state index contributed by atoms with van der Waals surface area (Å²) in [6.45, 7) is 1.84. The Bertz CT molecular complexity index is 519. The van der Waals surface area contributed by atoms with Crippen LogP contribution in [0.3, 0.4) is 0 Å². The average molecular weight is 357 g/mol. The van der Waals surface area contributed by atoms with Crippen LogP contribution in [0, 0.1) is 6.92 Å². The molecule has 0 aliphatic heterocycles. The Labute approximate surface area is 121 Å². The molecule has 0 saturated heterocycles. The summed E-state index contributed by atoms with van der Waals surface area (Å²) in [7, 11) is -3.41. The van der Waals surface area contributed by atoms with Gasteiger partial charge in [-0.05, 0) is 53.4 Å². The van der Waals surface area contributed by atoms with Crippen molar-refractivity contribution in [2.24, 2.45) is 0 Å². The van der Waals surface area contributed by atoms with Crippen LogP contribution >= 0.6 is 27.5 Å². The summed E-state index contributed by atoms with van der Waals surface area (Å²) in [5, 5.41) is 9.13. The van der Waals surface area contributed by atoms with Crippen LogP contribution < -0.4 is 4.72 Å². The van der Waals surface area contributed by atoms with Crippen molar-refractivity contribution in [3.63, 3.8) is 0 Å². The van der Waals surface area contributed by atoms with Crippen LogP contribution in [0.1, 0.15) is 18.4 Å². The Morgan fingerprint density at radius 2 is 2.06 bits per heavy atom. The largest absolute Gasteiger partial charge is 0.396 e. The molecule has 0 aromatic heterocycles. The highest BCUT2D eigenvalue weighted by atomic mass is 79.9. The summed E-state index contributed by atoms with van der Waals surface area (Å²) >= 11 is 9.24. The third-order valence-electron chi connectivity index (χ3n) is 2.33. The maximum absolute atomic E-state index is 11.8. The lowest BCUT2D eigenvalue weighted by Crippen LogP contribution is -2.17.